The van der Waals surface area contributed by atoms with Gasteiger partial charge in [0.25, 0.3) is 0 Å². The Kier molecular flexibility index (Phi) is 6.98. The van der Waals surface area contributed by atoms with Gasteiger partial charge >= 0.3 is 0 Å². The number of thioether (sulfide) groups is 1. The number of hydrogen-bond donors (Lipinski definition) is 2. The molecule has 0 atom stereocenters. The van der Waals surface area contributed by atoms with Crippen LogP contribution in [-0.4, -0.2) is 24.9 Å². The summed E-state index contributed by atoms with van der Waals surface area (Å²) in [5, 5.41) is 3.41. The molecule has 0 radical (unpaired) electrons. The number of benzene rings is 1. The highest BCUT2D eigenvalue weighted by molar-refractivity contribution is 7.99. The van der Waals surface area contributed by atoms with Crippen LogP contribution in [0.5, 0.6) is 5.75 Å². The molecule has 0 aromatic heterocycles. The van der Waals surface area contributed by atoms with Crippen molar-refractivity contribution in [2.24, 2.45) is 0 Å². The second kappa shape index (κ2) is 8.27. The second-order valence-electron chi connectivity index (χ2n) is 4.44. The quantitative estimate of drug-likeness (QED) is 0.432. The molecule has 0 bridgehead atoms. The monoisotopic (exact) mass is 268 g/mol. The highest BCUT2D eigenvalue weighted by Crippen LogP contribution is 2.29. The van der Waals surface area contributed by atoms with Gasteiger partial charge in [-0.1, -0.05) is 13.8 Å². The van der Waals surface area contributed by atoms with E-state index in [0.29, 0.717) is 12.6 Å². The van der Waals surface area contributed by atoms with Gasteiger partial charge in [-0.3, -0.25) is 0 Å². The minimum absolute atomic E-state index is 0.557. The lowest BCUT2D eigenvalue weighted by Gasteiger charge is -2.10. The SMILES string of the molecule is CCOc1ccc(N)c(SCCCNC(C)C)c1. The van der Waals surface area contributed by atoms with Crippen molar-refractivity contribution in [2.75, 3.05) is 24.6 Å². The Hall–Kier alpha value is -0.870. The predicted molar refractivity (Wildman–Crippen MR) is 80.5 cm³/mol. The standard InChI is InChI=1S/C14H24N2OS/c1-4-17-12-6-7-13(15)14(10-12)18-9-5-8-16-11(2)3/h6-7,10-11,16H,4-5,8-9,15H2,1-3H3. The van der Waals surface area contributed by atoms with Crippen LogP contribution in [0.1, 0.15) is 27.2 Å². The Morgan fingerprint density at radius 2 is 2.17 bits per heavy atom. The van der Waals surface area contributed by atoms with E-state index in [9.17, 15) is 0 Å². The van der Waals surface area contributed by atoms with Gasteiger partial charge in [0.15, 0.2) is 0 Å². The first kappa shape index (κ1) is 15.2. The summed E-state index contributed by atoms with van der Waals surface area (Å²) >= 11 is 1.79. The van der Waals surface area contributed by atoms with Crippen molar-refractivity contribution in [1.82, 2.24) is 5.32 Å². The van der Waals surface area contributed by atoms with Gasteiger partial charge in [0.1, 0.15) is 5.75 Å². The van der Waals surface area contributed by atoms with Gasteiger partial charge in [-0.2, -0.15) is 0 Å². The van der Waals surface area contributed by atoms with E-state index in [4.69, 9.17) is 10.5 Å². The topological polar surface area (TPSA) is 47.3 Å². The molecular formula is C14H24N2OS. The average Bonchev–Trinajstić information content (AvgIpc) is 2.32. The second-order valence-corrected chi connectivity index (χ2v) is 5.58. The van der Waals surface area contributed by atoms with E-state index < -0.39 is 0 Å². The summed E-state index contributed by atoms with van der Waals surface area (Å²) in [7, 11) is 0. The highest BCUT2D eigenvalue weighted by atomic mass is 32.2. The van der Waals surface area contributed by atoms with Crippen LogP contribution in [0, 0.1) is 0 Å². The molecule has 102 valence electrons. The predicted octanol–water partition coefficient (Wildman–Crippen LogP) is 3.15. The maximum Gasteiger partial charge on any atom is 0.120 e. The molecule has 3 nitrogen and oxygen atoms in total. The summed E-state index contributed by atoms with van der Waals surface area (Å²) in [6.45, 7) is 8.05. The van der Waals surface area contributed by atoms with Gasteiger partial charge in [-0.15, -0.1) is 11.8 Å². The minimum Gasteiger partial charge on any atom is -0.494 e. The van der Waals surface area contributed by atoms with Crippen molar-refractivity contribution >= 4 is 17.4 Å². The van der Waals surface area contributed by atoms with Gasteiger partial charge in [0.05, 0.1) is 6.61 Å². The Labute approximate surface area is 114 Å². The van der Waals surface area contributed by atoms with E-state index in [1.54, 1.807) is 11.8 Å². The molecule has 0 fully saturated rings. The Balaban J connectivity index is 2.38. The fourth-order valence-corrected chi connectivity index (χ4v) is 2.48. The third-order valence-electron chi connectivity index (χ3n) is 2.43. The van der Waals surface area contributed by atoms with E-state index in [1.165, 1.54) is 0 Å². The molecule has 0 heterocycles. The summed E-state index contributed by atoms with van der Waals surface area (Å²) in [6, 6.07) is 6.42. The van der Waals surface area contributed by atoms with Crippen LogP contribution in [0.3, 0.4) is 0 Å². The molecule has 0 amide bonds. The number of hydrogen-bond acceptors (Lipinski definition) is 4. The first-order chi connectivity index (χ1) is 8.63. The lowest BCUT2D eigenvalue weighted by molar-refractivity contribution is 0.339. The van der Waals surface area contributed by atoms with Gasteiger partial charge in [-0.25, -0.2) is 0 Å². The molecule has 0 aliphatic carbocycles. The van der Waals surface area contributed by atoms with Crippen LogP contribution in [0.25, 0.3) is 0 Å². The fraction of sp³-hybridized carbons (Fsp3) is 0.571. The third-order valence-corrected chi connectivity index (χ3v) is 3.58. The molecule has 0 saturated carbocycles. The summed E-state index contributed by atoms with van der Waals surface area (Å²) in [5.74, 6) is 1.97. The van der Waals surface area contributed by atoms with Gasteiger partial charge in [0.2, 0.25) is 0 Å². The molecular weight excluding hydrogens is 244 g/mol. The molecule has 1 aromatic rings. The zero-order valence-corrected chi connectivity index (χ0v) is 12.3. The number of nitrogens with two attached hydrogens (primary N) is 1. The molecule has 1 rings (SSSR count). The maximum absolute atomic E-state index is 5.96. The van der Waals surface area contributed by atoms with E-state index in [-0.39, 0.29) is 0 Å². The summed E-state index contributed by atoms with van der Waals surface area (Å²) in [6.07, 6.45) is 1.14. The van der Waals surface area contributed by atoms with Crippen LogP contribution in [0.2, 0.25) is 0 Å². The van der Waals surface area contributed by atoms with Crippen molar-refractivity contribution in [3.8, 4) is 5.75 Å². The van der Waals surface area contributed by atoms with E-state index in [0.717, 1.165) is 35.1 Å². The molecule has 3 N–H and O–H groups in total. The molecule has 0 unspecified atom stereocenters. The number of nitrogens with one attached hydrogen (secondary N) is 1. The van der Waals surface area contributed by atoms with Crippen LogP contribution in [0.15, 0.2) is 23.1 Å². The highest BCUT2D eigenvalue weighted by Gasteiger charge is 2.02. The molecule has 1 aromatic carbocycles. The van der Waals surface area contributed by atoms with Gasteiger partial charge < -0.3 is 15.8 Å². The largest absolute Gasteiger partial charge is 0.494 e. The first-order valence-corrected chi connectivity index (χ1v) is 7.50. The van der Waals surface area contributed by atoms with E-state index in [2.05, 4.69) is 19.2 Å². The molecule has 0 aliphatic rings. The fourth-order valence-electron chi connectivity index (χ4n) is 1.54. The van der Waals surface area contributed by atoms with E-state index >= 15 is 0 Å². The Bertz CT molecular complexity index is 356. The van der Waals surface area contributed by atoms with Crippen molar-refractivity contribution in [3.63, 3.8) is 0 Å². The zero-order valence-electron chi connectivity index (χ0n) is 11.5. The Morgan fingerprint density at radius 3 is 2.83 bits per heavy atom. The number of rotatable bonds is 8. The lowest BCUT2D eigenvalue weighted by atomic mass is 10.3. The Morgan fingerprint density at radius 1 is 1.39 bits per heavy atom. The van der Waals surface area contributed by atoms with Crippen LogP contribution in [0.4, 0.5) is 5.69 Å². The summed E-state index contributed by atoms with van der Waals surface area (Å²) < 4.78 is 5.48. The third kappa shape index (κ3) is 5.65. The summed E-state index contributed by atoms with van der Waals surface area (Å²) in [4.78, 5) is 1.12. The smallest absolute Gasteiger partial charge is 0.120 e. The molecule has 0 saturated heterocycles. The number of anilines is 1. The molecule has 0 spiro atoms. The van der Waals surface area contributed by atoms with Crippen LogP contribution in [-0.2, 0) is 0 Å². The average molecular weight is 268 g/mol. The minimum atomic E-state index is 0.557. The van der Waals surface area contributed by atoms with E-state index in [1.807, 2.05) is 25.1 Å². The molecule has 18 heavy (non-hydrogen) atoms. The normalized spacial score (nSPS) is 10.9. The number of ether oxygens (including phenoxy) is 1. The lowest BCUT2D eigenvalue weighted by Crippen LogP contribution is -2.23. The van der Waals surface area contributed by atoms with Crippen molar-refractivity contribution < 1.29 is 4.74 Å². The first-order valence-electron chi connectivity index (χ1n) is 6.52. The molecule has 0 aliphatic heterocycles. The van der Waals surface area contributed by atoms with Crippen LogP contribution >= 0.6 is 11.8 Å². The van der Waals surface area contributed by atoms with Gasteiger partial charge in [0, 0.05) is 16.6 Å². The number of nitrogen functional groups attached to an aromatic ring is 1. The van der Waals surface area contributed by atoms with Crippen molar-refractivity contribution in [1.29, 1.82) is 0 Å². The van der Waals surface area contributed by atoms with Gasteiger partial charge in [-0.05, 0) is 43.8 Å². The summed E-state index contributed by atoms with van der Waals surface area (Å²) in [5.41, 5.74) is 6.79. The molecule has 4 heteroatoms. The zero-order chi connectivity index (χ0) is 13.4. The maximum atomic E-state index is 5.96. The van der Waals surface area contributed by atoms with Crippen LogP contribution < -0.4 is 15.8 Å². The van der Waals surface area contributed by atoms with Crippen molar-refractivity contribution in [2.45, 2.75) is 38.1 Å². The van der Waals surface area contributed by atoms with Crippen molar-refractivity contribution in [3.05, 3.63) is 18.2 Å².